The molecule has 0 aliphatic heterocycles. The van der Waals surface area contributed by atoms with Crippen LogP contribution in [0.25, 0.3) is 0 Å². The van der Waals surface area contributed by atoms with Crippen molar-refractivity contribution >= 4 is 28.3 Å². The van der Waals surface area contributed by atoms with E-state index in [1.54, 1.807) is 24.3 Å². The summed E-state index contributed by atoms with van der Waals surface area (Å²) in [6.45, 7) is 1.87. The number of aldehydes is 2. The summed E-state index contributed by atoms with van der Waals surface area (Å²) < 4.78 is 33.3. The quantitative estimate of drug-likeness (QED) is 0.787. The Kier molecular flexibility index (Phi) is 4.82. The highest BCUT2D eigenvalue weighted by Crippen LogP contribution is 2.48. The van der Waals surface area contributed by atoms with Gasteiger partial charge in [-0.05, 0) is 43.2 Å². The first-order valence-electron chi connectivity index (χ1n) is 8.12. The van der Waals surface area contributed by atoms with Gasteiger partial charge < -0.3 is 14.3 Å². The van der Waals surface area contributed by atoms with Crippen LogP contribution < -0.4 is 9.46 Å². The van der Waals surface area contributed by atoms with Crippen LogP contribution in [0.5, 0.6) is 5.75 Å². The van der Waals surface area contributed by atoms with E-state index in [0.717, 1.165) is 18.1 Å². The van der Waals surface area contributed by atoms with E-state index in [4.69, 9.17) is 4.74 Å². The van der Waals surface area contributed by atoms with Crippen molar-refractivity contribution < 1.29 is 22.7 Å². The topological polar surface area (TPSA) is 89.5 Å². The molecule has 6 nitrogen and oxygen atoms in total. The number of fused-ring (bicyclic) bond motifs is 1. The first-order chi connectivity index (χ1) is 12.4. The van der Waals surface area contributed by atoms with Crippen molar-refractivity contribution in [1.29, 1.82) is 0 Å². The fourth-order valence-corrected chi connectivity index (χ4v) is 4.42. The second-order valence-electron chi connectivity index (χ2n) is 6.28. The first kappa shape index (κ1) is 18.1. The third-order valence-electron chi connectivity index (χ3n) is 4.62. The fraction of sp³-hybridized carbons (Fsp3) is 0.263. The third-order valence-corrected chi connectivity index (χ3v) is 6.00. The Labute approximate surface area is 152 Å². The number of rotatable bonds is 6. The van der Waals surface area contributed by atoms with Gasteiger partial charge in [0.05, 0.1) is 17.7 Å². The molecule has 0 aromatic heterocycles. The maximum atomic E-state index is 12.7. The largest absolute Gasteiger partial charge is 0.496 e. The molecule has 0 bridgehead atoms. The normalized spacial score (nSPS) is 18.8. The number of hydrogen-bond acceptors (Lipinski definition) is 5. The van der Waals surface area contributed by atoms with E-state index >= 15 is 0 Å². The summed E-state index contributed by atoms with van der Waals surface area (Å²) in [6, 6.07) is 9.63. The Hall–Kier alpha value is -2.67. The summed E-state index contributed by atoms with van der Waals surface area (Å²) >= 11 is 0. The van der Waals surface area contributed by atoms with Gasteiger partial charge in [-0.25, -0.2) is 8.42 Å². The standard InChI is InChI=1S/C19H19NO5S/c1-12-3-5-15(6-4-12)26(23,24)20-16-7-8-17(25-2)19-14(11-22)9-13(10-21)18(16)19/h3-8,10-11,13-14,20H,9H2,1-2H3. The zero-order valence-electron chi connectivity index (χ0n) is 14.4. The van der Waals surface area contributed by atoms with Crippen LogP contribution >= 0.6 is 0 Å². The van der Waals surface area contributed by atoms with Gasteiger partial charge in [0.15, 0.2) is 0 Å². The van der Waals surface area contributed by atoms with Crippen molar-refractivity contribution in [3.05, 3.63) is 53.1 Å². The average Bonchev–Trinajstić information content (AvgIpc) is 3.01. The van der Waals surface area contributed by atoms with Crippen molar-refractivity contribution in [2.24, 2.45) is 0 Å². The molecule has 2 aromatic rings. The molecule has 0 radical (unpaired) electrons. The Morgan fingerprint density at radius 3 is 2.19 bits per heavy atom. The van der Waals surface area contributed by atoms with Crippen LogP contribution in [0.4, 0.5) is 5.69 Å². The summed E-state index contributed by atoms with van der Waals surface area (Å²) in [6.07, 6.45) is 1.82. The van der Waals surface area contributed by atoms with Gasteiger partial charge in [-0.2, -0.15) is 0 Å². The number of nitrogens with one attached hydrogen (secondary N) is 1. The van der Waals surface area contributed by atoms with E-state index in [9.17, 15) is 18.0 Å². The van der Waals surface area contributed by atoms with E-state index in [-0.39, 0.29) is 4.90 Å². The Morgan fingerprint density at radius 2 is 1.62 bits per heavy atom. The predicted octanol–water partition coefficient (Wildman–Crippen LogP) is 2.77. The fourth-order valence-electron chi connectivity index (χ4n) is 3.34. The Bertz CT molecular complexity index is 951. The summed E-state index contributed by atoms with van der Waals surface area (Å²) in [7, 11) is -2.35. The molecule has 0 saturated heterocycles. The zero-order valence-corrected chi connectivity index (χ0v) is 15.2. The van der Waals surface area contributed by atoms with Crippen LogP contribution in [0.2, 0.25) is 0 Å². The number of benzene rings is 2. The minimum absolute atomic E-state index is 0.125. The predicted molar refractivity (Wildman–Crippen MR) is 97.2 cm³/mol. The third kappa shape index (κ3) is 3.10. The van der Waals surface area contributed by atoms with Gasteiger partial charge >= 0.3 is 0 Å². The molecule has 0 fully saturated rings. The van der Waals surface area contributed by atoms with Gasteiger partial charge in [0, 0.05) is 17.4 Å². The van der Waals surface area contributed by atoms with Gasteiger partial charge in [0.25, 0.3) is 10.0 Å². The first-order valence-corrected chi connectivity index (χ1v) is 9.60. The van der Waals surface area contributed by atoms with E-state index in [2.05, 4.69) is 4.72 Å². The number of sulfonamides is 1. The highest BCUT2D eigenvalue weighted by molar-refractivity contribution is 7.92. The molecule has 0 saturated carbocycles. The molecule has 3 rings (SSSR count). The van der Waals surface area contributed by atoms with Crippen molar-refractivity contribution in [1.82, 2.24) is 0 Å². The van der Waals surface area contributed by atoms with Gasteiger partial charge in [-0.15, -0.1) is 0 Å². The molecule has 0 heterocycles. The smallest absolute Gasteiger partial charge is 0.261 e. The van der Waals surface area contributed by atoms with Crippen molar-refractivity contribution in [2.45, 2.75) is 30.1 Å². The van der Waals surface area contributed by atoms with Gasteiger partial charge in [0.2, 0.25) is 0 Å². The van der Waals surface area contributed by atoms with E-state index in [0.29, 0.717) is 29.0 Å². The molecular weight excluding hydrogens is 354 g/mol. The summed E-state index contributed by atoms with van der Waals surface area (Å²) in [5, 5.41) is 0. The molecule has 1 aliphatic rings. The van der Waals surface area contributed by atoms with E-state index < -0.39 is 21.9 Å². The van der Waals surface area contributed by atoms with E-state index in [1.807, 2.05) is 6.92 Å². The lowest BCUT2D eigenvalue weighted by Gasteiger charge is -2.17. The maximum absolute atomic E-state index is 12.7. The molecular formula is C19H19NO5S. The lowest BCUT2D eigenvalue weighted by atomic mass is 9.99. The minimum atomic E-state index is -3.82. The van der Waals surface area contributed by atoms with E-state index in [1.165, 1.54) is 19.2 Å². The monoisotopic (exact) mass is 373 g/mol. The Morgan fingerprint density at radius 1 is 1.00 bits per heavy atom. The highest BCUT2D eigenvalue weighted by atomic mass is 32.2. The average molecular weight is 373 g/mol. The van der Waals surface area contributed by atoms with Crippen LogP contribution in [0, 0.1) is 6.92 Å². The van der Waals surface area contributed by atoms with Crippen molar-refractivity contribution in [2.75, 3.05) is 11.8 Å². The highest BCUT2D eigenvalue weighted by Gasteiger charge is 2.36. The molecule has 0 amide bonds. The molecule has 26 heavy (non-hydrogen) atoms. The van der Waals surface area contributed by atoms with Crippen LogP contribution in [0.3, 0.4) is 0 Å². The molecule has 7 heteroatoms. The molecule has 2 aromatic carbocycles. The van der Waals surface area contributed by atoms with Crippen LogP contribution in [0.15, 0.2) is 41.3 Å². The number of aryl methyl sites for hydroxylation is 1. The lowest BCUT2D eigenvalue weighted by molar-refractivity contribution is -0.110. The van der Waals surface area contributed by atoms with Crippen LogP contribution in [-0.2, 0) is 19.6 Å². The van der Waals surface area contributed by atoms with Crippen LogP contribution in [0.1, 0.15) is 34.9 Å². The molecule has 2 unspecified atom stereocenters. The number of carbonyl (C=O) groups excluding carboxylic acids is 2. The van der Waals surface area contributed by atoms with Crippen LogP contribution in [-0.4, -0.2) is 28.1 Å². The van der Waals surface area contributed by atoms with Gasteiger partial charge in [-0.3, -0.25) is 4.72 Å². The SMILES string of the molecule is COc1ccc(NS(=O)(=O)c2ccc(C)cc2)c2c1C(C=O)CC2C=O. The second kappa shape index (κ2) is 6.92. The summed E-state index contributed by atoms with van der Waals surface area (Å²) in [4.78, 5) is 23.1. The zero-order chi connectivity index (χ0) is 18.9. The summed E-state index contributed by atoms with van der Waals surface area (Å²) in [5.41, 5.74) is 2.32. The minimum Gasteiger partial charge on any atom is -0.496 e. The Balaban J connectivity index is 2.09. The number of carbonyl (C=O) groups is 2. The van der Waals surface area contributed by atoms with Gasteiger partial charge in [-0.1, -0.05) is 17.7 Å². The number of ether oxygens (including phenoxy) is 1. The number of anilines is 1. The second-order valence-corrected chi connectivity index (χ2v) is 7.96. The van der Waals surface area contributed by atoms with Crippen molar-refractivity contribution in [3.8, 4) is 5.75 Å². The van der Waals surface area contributed by atoms with Gasteiger partial charge in [0.1, 0.15) is 18.3 Å². The lowest BCUT2D eigenvalue weighted by Crippen LogP contribution is -2.15. The molecule has 2 atom stereocenters. The molecule has 1 aliphatic carbocycles. The van der Waals surface area contributed by atoms with Crippen molar-refractivity contribution in [3.63, 3.8) is 0 Å². The maximum Gasteiger partial charge on any atom is 0.261 e. The molecule has 1 N–H and O–H groups in total. The molecule has 0 spiro atoms. The number of methoxy groups -OCH3 is 1. The number of hydrogen-bond donors (Lipinski definition) is 1. The molecule has 136 valence electrons. The summed E-state index contributed by atoms with van der Waals surface area (Å²) in [5.74, 6) is -0.593.